The molecule has 0 aliphatic carbocycles. The highest BCUT2D eigenvalue weighted by molar-refractivity contribution is 9.10. The fourth-order valence-corrected chi connectivity index (χ4v) is 2.94. The topological polar surface area (TPSA) is 38.5 Å². The third-order valence-corrected chi connectivity index (χ3v) is 4.08. The molecule has 20 heavy (non-hydrogen) atoms. The lowest BCUT2D eigenvalue weighted by molar-refractivity contribution is 0.623. The molecular formula is C13H12BrFN4S. The van der Waals surface area contributed by atoms with E-state index in [4.69, 9.17) is 12.2 Å². The highest BCUT2D eigenvalue weighted by Crippen LogP contribution is 2.26. The summed E-state index contributed by atoms with van der Waals surface area (Å²) in [4.78, 5) is 3.03. The molecule has 0 spiro atoms. The number of hydrogen-bond acceptors (Lipinski definition) is 2. The zero-order valence-corrected chi connectivity index (χ0v) is 13.3. The first-order valence-electron chi connectivity index (χ1n) is 6.14. The molecule has 0 amide bonds. The quantitative estimate of drug-likeness (QED) is 0.709. The van der Waals surface area contributed by atoms with Crippen molar-refractivity contribution in [1.82, 2.24) is 19.3 Å². The molecule has 0 saturated heterocycles. The Morgan fingerprint density at radius 3 is 2.90 bits per heavy atom. The number of H-pyrrole nitrogens is 1. The van der Waals surface area contributed by atoms with Crippen LogP contribution in [0.15, 0.2) is 22.8 Å². The molecule has 7 heteroatoms. The van der Waals surface area contributed by atoms with Crippen LogP contribution < -0.4 is 0 Å². The van der Waals surface area contributed by atoms with E-state index in [0.29, 0.717) is 14.8 Å². The molecule has 3 rings (SSSR count). The van der Waals surface area contributed by atoms with Crippen LogP contribution in [-0.4, -0.2) is 19.3 Å². The molecule has 0 atom stereocenters. The number of aryl methyl sites for hydroxylation is 2. The minimum atomic E-state index is -0.317. The first-order chi connectivity index (χ1) is 9.51. The van der Waals surface area contributed by atoms with E-state index < -0.39 is 0 Å². The molecule has 0 bridgehead atoms. The minimum absolute atomic E-state index is 0.317. The normalized spacial score (nSPS) is 11.4. The molecule has 3 aromatic rings. The van der Waals surface area contributed by atoms with Gasteiger partial charge < -0.3 is 4.98 Å². The maximum atomic E-state index is 13.6. The number of hydrogen-bond donors (Lipinski definition) is 1. The predicted molar refractivity (Wildman–Crippen MR) is 82.3 cm³/mol. The first kappa shape index (κ1) is 13.5. The van der Waals surface area contributed by atoms with Gasteiger partial charge in [-0.2, -0.15) is 5.10 Å². The number of nitrogens with one attached hydrogen (secondary N) is 1. The Labute approximate surface area is 128 Å². The molecule has 0 fully saturated rings. The lowest BCUT2D eigenvalue weighted by Gasteiger charge is -2.04. The Kier molecular flexibility index (Phi) is 3.25. The summed E-state index contributed by atoms with van der Waals surface area (Å²) in [7, 11) is 1.87. The van der Waals surface area contributed by atoms with E-state index in [9.17, 15) is 4.39 Å². The van der Waals surface area contributed by atoms with Crippen molar-refractivity contribution in [2.24, 2.45) is 7.05 Å². The molecule has 0 radical (unpaired) electrons. The average molecular weight is 355 g/mol. The Balaban J connectivity index is 2.38. The second-order valence-corrected chi connectivity index (χ2v) is 5.78. The SMILES string of the molecule is CCc1nn(C)cc1-n1c(=S)[nH]c2cc(F)c(Br)cc21. The lowest BCUT2D eigenvalue weighted by atomic mass is 10.2. The summed E-state index contributed by atoms with van der Waals surface area (Å²) in [5.41, 5.74) is 3.36. The molecule has 0 unspecified atom stereocenters. The van der Waals surface area contributed by atoms with E-state index in [0.717, 1.165) is 23.3 Å². The zero-order chi connectivity index (χ0) is 14.4. The average Bonchev–Trinajstić information content (AvgIpc) is 2.89. The van der Waals surface area contributed by atoms with E-state index in [2.05, 4.69) is 26.0 Å². The predicted octanol–water partition coefficient (Wildman–Crippen LogP) is 3.89. The van der Waals surface area contributed by atoms with E-state index >= 15 is 0 Å². The van der Waals surface area contributed by atoms with Crippen molar-refractivity contribution in [3.63, 3.8) is 0 Å². The molecule has 2 heterocycles. The summed E-state index contributed by atoms with van der Waals surface area (Å²) in [6.45, 7) is 2.04. The zero-order valence-electron chi connectivity index (χ0n) is 10.9. The highest BCUT2D eigenvalue weighted by atomic mass is 79.9. The number of aromatic amines is 1. The van der Waals surface area contributed by atoms with E-state index in [1.54, 1.807) is 10.7 Å². The van der Waals surface area contributed by atoms with Crippen LogP contribution in [0.5, 0.6) is 0 Å². The lowest BCUT2D eigenvalue weighted by Crippen LogP contribution is -1.97. The van der Waals surface area contributed by atoms with Gasteiger partial charge in [-0.05, 0) is 40.6 Å². The molecule has 4 nitrogen and oxygen atoms in total. The molecule has 1 aromatic carbocycles. The van der Waals surface area contributed by atoms with Crippen LogP contribution in [0.2, 0.25) is 0 Å². The molecular weight excluding hydrogens is 343 g/mol. The van der Waals surface area contributed by atoms with Crippen molar-refractivity contribution in [1.29, 1.82) is 0 Å². The number of fused-ring (bicyclic) bond motifs is 1. The maximum absolute atomic E-state index is 13.6. The van der Waals surface area contributed by atoms with Crippen molar-refractivity contribution in [2.75, 3.05) is 0 Å². The van der Waals surface area contributed by atoms with Gasteiger partial charge in [0.15, 0.2) is 4.77 Å². The second kappa shape index (κ2) is 4.82. The Bertz CT molecular complexity index is 861. The maximum Gasteiger partial charge on any atom is 0.182 e. The van der Waals surface area contributed by atoms with Crippen LogP contribution in [-0.2, 0) is 13.5 Å². The van der Waals surface area contributed by atoms with Gasteiger partial charge in [0, 0.05) is 19.3 Å². The van der Waals surface area contributed by atoms with Crippen LogP contribution in [0.25, 0.3) is 16.7 Å². The van der Waals surface area contributed by atoms with Crippen LogP contribution >= 0.6 is 28.1 Å². The van der Waals surface area contributed by atoms with Gasteiger partial charge in [0.2, 0.25) is 0 Å². The van der Waals surface area contributed by atoms with Gasteiger partial charge in [0.05, 0.1) is 26.9 Å². The van der Waals surface area contributed by atoms with E-state index in [1.807, 2.05) is 24.7 Å². The van der Waals surface area contributed by atoms with Crippen molar-refractivity contribution in [3.8, 4) is 5.69 Å². The van der Waals surface area contributed by atoms with Crippen molar-refractivity contribution >= 4 is 39.2 Å². The van der Waals surface area contributed by atoms with E-state index in [-0.39, 0.29) is 5.82 Å². The van der Waals surface area contributed by atoms with Gasteiger partial charge in [-0.25, -0.2) is 4.39 Å². The smallest absolute Gasteiger partial charge is 0.182 e. The fourth-order valence-electron chi connectivity index (χ4n) is 2.30. The van der Waals surface area contributed by atoms with Gasteiger partial charge in [0.1, 0.15) is 5.82 Å². The Morgan fingerprint density at radius 1 is 1.45 bits per heavy atom. The second-order valence-electron chi connectivity index (χ2n) is 4.54. The fraction of sp³-hybridized carbons (Fsp3) is 0.231. The summed E-state index contributed by atoms with van der Waals surface area (Å²) < 4.78 is 18.2. The summed E-state index contributed by atoms with van der Waals surface area (Å²) in [6, 6.07) is 3.16. The standard InChI is InChI=1S/C13H12BrFN4S/c1-3-9-12(6-18(2)17-9)19-11-4-7(14)8(15)5-10(11)16-13(19)20/h4-6H,3H2,1-2H3,(H,16,20). The number of imidazole rings is 1. The van der Waals surface area contributed by atoms with Crippen molar-refractivity contribution in [2.45, 2.75) is 13.3 Å². The number of nitrogens with zero attached hydrogens (tertiary/aromatic N) is 3. The molecule has 0 saturated carbocycles. The summed E-state index contributed by atoms with van der Waals surface area (Å²) >= 11 is 8.59. The van der Waals surface area contributed by atoms with E-state index in [1.165, 1.54) is 6.07 Å². The summed E-state index contributed by atoms with van der Waals surface area (Å²) in [5, 5.41) is 4.42. The van der Waals surface area contributed by atoms with Crippen LogP contribution in [0.4, 0.5) is 4.39 Å². The van der Waals surface area contributed by atoms with Gasteiger partial charge in [-0.3, -0.25) is 9.25 Å². The molecule has 1 N–H and O–H groups in total. The largest absolute Gasteiger partial charge is 0.330 e. The Hall–Kier alpha value is -1.47. The monoisotopic (exact) mass is 354 g/mol. The molecule has 0 aliphatic heterocycles. The molecule has 104 valence electrons. The van der Waals surface area contributed by atoms with Crippen molar-refractivity contribution < 1.29 is 4.39 Å². The number of rotatable bonds is 2. The third kappa shape index (κ3) is 2.01. The summed E-state index contributed by atoms with van der Waals surface area (Å²) in [6.07, 6.45) is 2.71. The van der Waals surface area contributed by atoms with Crippen LogP contribution in [0, 0.1) is 10.6 Å². The van der Waals surface area contributed by atoms with Gasteiger partial charge in [-0.15, -0.1) is 0 Å². The highest BCUT2D eigenvalue weighted by Gasteiger charge is 2.14. The van der Waals surface area contributed by atoms with Crippen molar-refractivity contribution in [3.05, 3.63) is 39.1 Å². The first-order valence-corrected chi connectivity index (χ1v) is 7.34. The van der Waals surface area contributed by atoms with Gasteiger partial charge >= 0.3 is 0 Å². The molecule has 0 aliphatic rings. The minimum Gasteiger partial charge on any atom is -0.330 e. The summed E-state index contributed by atoms with van der Waals surface area (Å²) in [5.74, 6) is -0.317. The van der Waals surface area contributed by atoms with Crippen LogP contribution in [0.3, 0.4) is 0 Å². The third-order valence-electron chi connectivity index (χ3n) is 3.18. The van der Waals surface area contributed by atoms with Gasteiger partial charge in [0.25, 0.3) is 0 Å². The number of aromatic nitrogens is 4. The van der Waals surface area contributed by atoms with Gasteiger partial charge in [-0.1, -0.05) is 6.92 Å². The van der Waals surface area contributed by atoms with Crippen LogP contribution in [0.1, 0.15) is 12.6 Å². The molecule has 2 aromatic heterocycles. The number of halogens is 2. The number of benzene rings is 1. The Morgan fingerprint density at radius 2 is 2.20 bits per heavy atom.